The minimum atomic E-state index is 0.0560. The van der Waals surface area contributed by atoms with Crippen LogP contribution < -0.4 is 10.2 Å². The van der Waals surface area contributed by atoms with Crippen molar-refractivity contribution in [1.82, 2.24) is 0 Å². The summed E-state index contributed by atoms with van der Waals surface area (Å²) in [5, 5.41) is 3.61. The summed E-state index contributed by atoms with van der Waals surface area (Å²) in [7, 11) is 0. The van der Waals surface area contributed by atoms with E-state index in [0.717, 1.165) is 18.8 Å². The SMILES string of the molecule is O=C(CCBr)Nc1cccc(N2CCCC2)c1. The quantitative estimate of drug-likeness (QED) is 0.866. The third-order valence-corrected chi connectivity index (χ3v) is 3.32. The van der Waals surface area contributed by atoms with Crippen LogP contribution in [0.25, 0.3) is 0 Å². The van der Waals surface area contributed by atoms with Crippen molar-refractivity contribution in [2.24, 2.45) is 0 Å². The molecule has 0 atom stereocenters. The lowest BCUT2D eigenvalue weighted by Gasteiger charge is -2.18. The van der Waals surface area contributed by atoms with Gasteiger partial charge in [-0.15, -0.1) is 0 Å². The van der Waals surface area contributed by atoms with Gasteiger partial charge in [0, 0.05) is 36.2 Å². The Balaban J connectivity index is 2.03. The number of carbonyl (C=O) groups is 1. The zero-order valence-corrected chi connectivity index (χ0v) is 11.4. The molecule has 92 valence electrons. The van der Waals surface area contributed by atoms with Gasteiger partial charge in [0.25, 0.3) is 0 Å². The molecule has 1 aromatic rings. The van der Waals surface area contributed by atoms with Crippen molar-refractivity contribution in [1.29, 1.82) is 0 Å². The predicted octanol–water partition coefficient (Wildman–Crippen LogP) is 3.01. The van der Waals surface area contributed by atoms with E-state index in [1.807, 2.05) is 12.1 Å². The van der Waals surface area contributed by atoms with Crippen LogP contribution in [0.15, 0.2) is 24.3 Å². The van der Waals surface area contributed by atoms with Crippen LogP contribution in [0.1, 0.15) is 19.3 Å². The first-order valence-corrected chi connectivity index (χ1v) is 7.12. The van der Waals surface area contributed by atoms with Crippen LogP contribution in [0.5, 0.6) is 0 Å². The zero-order chi connectivity index (χ0) is 12.1. The number of hydrogen-bond acceptors (Lipinski definition) is 2. The minimum absolute atomic E-state index is 0.0560. The van der Waals surface area contributed by atoms with Crippen molar-refractivity contribution in [2.75, 3.05) is 28.6 Å². The minimum Gasteiger partial charge on any atom is -0.371 e. The second-order valence-corrected chi connectivity index (χ2v) is 5.02. The fraction of sp³-hybridized carbons (Fsp3) is 0.462. The molecular weight excluding hydrogens is 280 g/mol. The Labute approximate surface area is 110 Å². The van der Waals surface area contributed by atoms with Crippen LogP contribution in [0.3, 0.4) is 0 Å². The van der Waals surface area contributed by atoms with Crippen LogP contribution in [0.4, 0.5) is 11.4 Å². The molecule has 0 spiro atoms. The number of nitrogens with one attached hydrogen (secondary N) is 1. The van der Waals surface area contributed by atoms with Gasteiger partial charge in [-0.2, -0.15) is 0 Å². The molecule has 0 bridgehead atoms. The molecule has 0 aliphatic carbocycles. The van der Waals surface area contributed by atoms with Gasteiger partial charge in [0.15, 0.2) is 0 Å². The van der Waals surface area contributed by atoms with E-state index in [9.17, 15) is 4.79 Å². The van der Waals surface area contributed by atoms with Crippen LogP contribution in [0.2, 0.25) is 0 Å². The van der Waals surface area contributed by atoms with Crippen LogP contribution in [-0.2, 0) is 4.79 Å². The number of hydrogen-bond donors (Lipinski definition) is 1. The van der Waals surface area contributed by atoms with E-state index in [1.165, 1.54) is 18.5 Å². The molecular formula is C13H17BrN2O. The molecule has 1 aromatic carbocycles. The first-order valence-electron chi connectivity index (χ1n) is 6.00. The molecule has 1 saturated heterocycles. The summed E-state index contributed by atoms with van der Waals surface area (Å²) in [5.41, 5.74) is 2.10. The molecule has 0 unspecified atom stereocenters. The molecule has 0 radical (unpaired) electrons. The summed E-state index contributed by atoms with van der Waals surface area (Å²) < 4.78 is 0. The number of benzene rings is 1. The highest BCUT2D eigenvalue weighted by atomic mass is 79.9. The van der Waals surface area contributed by atoms with Gasteiger partial charge in [-0.3, -0.25) is 4.79 Å². The van der Waals surface area contributed by atoms with Gasteiger partial charge in [0.05, 0.1) is 0 Å². The molecule has 1 heterocycles. The highest BCUT2D eigenvalue weighted by molar-refractivity contribution is 9.09. The number of halogens is 1. The lowest BCUT2D eigenvalue weighted by Crippen LogP contribution is -2.18. The summed E-state index contributed by atoms with van der Waals surface area (Å²) in [5.74, 6) is 0.0560. The van der Waals surface area contributed by atoms with Gasteiger partial charge >= 0.3 is 0 Å². The van der Waals surface area contributed by atoms with Crippen molar-refractivity contribution in [3.05, 3.63) is 24.3 Å². The fourth-order valence-corrected chi connectivity index (χ4v) is 2.43. The summed E-state index contributed by atoms with van der Waals surface area (Å²) in [6, 6.07) is 8.09. The Bertz CT molecular complexity index is 389. The molecule has 1 amide bonds. The number of alkyl halides is 1. The molecule has 1 fully saturated rings. The molecule has 3 nitrogen and oxygen atoms in total. The van der Waals surface area contributed by atoms with Gasteiger partial charge in [0.2, 0.25) is 5.91 Å². The largest absolute Gasteiger partial charge is 0.371 e. The fourth-order valence-electron chi connectivity index (χ4n) is 2.07. The Hall–Kier alpha value is -1.03. The van der Waals surface area contributed by atoms with Gasteiger partial charge in [-0.25, -0.2) is 0 Å². The van der Waals surface area contributed by atoms with Gasteiger partial charge < -0.3 is 10.2 Å². The Morgan fingerprint density at radius 3 is 2.82 bits per heavy atom. The second-order valence-electron chi connectivity index (χ2n) is 4.23. The summed E-state index contributed by atoms with van der Waals surface area (Å²) in [6.45, 7) is 2.25. The zero-order valence-electron chi connectivity index (χ0n) is 9.79. The van der Waals surface area contributed by atoms with Gasteiger partial charge in [-0.05, 0) is 31.0 Å². The molecule has 17 heavy (non-hydrogen) atoms. The smallest absolute Gasteiger partial charge is 0.225 e. The number of anilines is 2. The molecule has 2 rings (SSSR count). The van der Waals surface area contributed by atoms with Crippen molar-refractivity contribution in [3.63, 3.8) is 0 Å². The second kappa shape index (κ2) is 6.05. The number of carbonyl (C=O) groups excluding carboxylic acids is 1. The topological polar surface area (TPSA) is 32.3 Å². The maximum atomic E-state index is 11.5. The van der Waals surface area contributed by atoms with E-state index in [-0.39, 0.29) is 5.91 Å². The highest BCUT2D eigenvalue weighted by Gasteiger charge is 2.12. The maximum Gasteiger partial charge on any atom is 0.225 e. The molecule has 0 aromatic heterocycles. The average molecular weight is 297 g/mol. The standard InChI is InChI=1S/C13H17BrN2O/c14-7-6-13(17)15-11-4-3-5-12(10-11)16-8-1-2-9-16/h3-5,10H,1-2,6-9H2,(H,15,17). The third-order valence-electron chi connectivity index (χ3n) is 2.92. The summed E-state index contributed by atoms with van der Waals surface area (Å²) in [6.07, 6.45) is 3.04. The summed E-state index contributed by atoms with van der Waals surface area (Å²) in [4.78, 5) is 13.9. The van der Waals surface area contributed by atoms with Crippen LogP contribution in [0, 0.1) is 0 Å². The van der Waals surface area contributed by atoms with Crippen LogP contribution in [-0.4, -0.2) is 24.3 Å². The Morgan fingerprint density at radius 1 is 1.35 bits per heavy atom. The first-order chi connectivity index (χ1) is 8.29. The van der Waals surface area contributed by atoms with E-state index in [2.05, 4.69) is 38.3 Å². The van der Waals surface area contributed by atoms with Gasteiger partial charge in [-0.1, -0.05) is 22.0 Å². The van der Waals surface area contributed by atoms with Crippen molar-refractivity contribution >= 4 is 33.2 Å². The molecule has 0 saturated carbocycles. The average Bonchev–Trinajstić information content (AvgIpc) is 2.83. The summed E-state index contributed by atoms with van der Waals surface area (Å²) >= 11 is 3.26. The Morgan fingerprint density at radius 2 is 2.12 bits per heavy atom. The lowest BCUT2D eigenvalue weighted by atomic mass is 10.2. The van der Waals surface area contributed by atoms with E-state index in [1.54, 1.807) is 0 Å². The first kappa shape index (κ1) is 12.4. The maximum absolute atomic E-state index is 11.5. The lowest BCUT2D eigenvalue weighted by molar-refractivity contribution is -0.115. The number of rotatable bonds is 4. The monoisotopic (exact) mass is 296 g/mol. The Kier molecular flexibility index (Phi) is 4.42. The molecule has 1 aliphatic rings. The number of nitrogens with zero attached hydrogens (tertiary/aromatic N) is 1. The van der Waals surface area contributed by atoms with Crippen molar-refractivity contribution in [3.8, 4) is 0 Å². The number of amides is 1. The molecule has 1 aliphatic heterocycles. The van der Waals surface area contributed by atoms with Gasteiger partial charge in [0.1, 0.15) is 0 Å². The molecule has 1 N–H and O–H groups in total. The van der Waals surface area contributed by atoms with E-state index in [4.69, 9.17) is 0 Å². The van der Waals surface area contributed by atoms with E-state index >= 15 is 0 Å². The third kappa shape index (κ3) is 3.46. The highest BCUT2D eigenvalue weighted by Crippen LogP contribution is 2.23. The molecule has 4 heteroatoms. The van der Waals surface area contributed by atoms with Crippen LogP contribution >= 0.6 is 15.9 Å². The van der Waals surface area contributed by atoms with Crippen molar-refractivity contribution < 1.29 is 4.79 Å². The van der Waals surface area contributed by atoms with E-state index < -0.39 is 0 Å². The normalized spacial score (nSPS) is 15.0. The predicted molar refractivity (Wildman–Crippen MR) is 74.9 cm³/mol. The van der Waals surface area contributed by atoms with Crippen molar-refractivity contribution in [2.45, 2.75) is 19.3 Å². The van der Waals surface area contributed by atoms with E-state index in [0.29, 0.717) is 11.8 Å².